The summed E-state index contributed by atoms with van der Waals surface area (Å²) in [5.41, 5.74) is -1.49. The number of nitrogens with one attached hydrogen (secondary N) is 1. The molecule has 0 spiro atoms. The van der Waals surface area contributed by atoms with Crippen molar-refractivity contribution in [2.45, 2.75) is 18.6 Å². The van der Waals surface area contributed by atoms with Gasteiger partial charge in [-0.3, -0.25) is 14.4 Å². The highest BCUT2D eigenvalue weighted by Gasteiger charge is 2.39. The summed E-state index contributed by atoms with van der Waals surface area (Å²) in [6.45, 7) is 0. The number of carbonyl (C=O) groups is 4. The third-order valence-electron chi connectivity index (χ3n) is 3.71. The predicted molar refractivity (Wildman–Crippen MR) is 86.9 cm³/mol. The SMILES string of the molecule is COC(=O)C[C@@H](C(=O)OC)[C@@H](NC(=O)c1cccc(C(F)(F)F)c1)C(=O)OC. The number of halogens is 3. The predicted octanol–water partition coefficient (Wildman–Crippen LogP) is 1.33. The van der Waals surface area contributed by atoms with Crippen molar-refractivity contribution in [3.05, 3.63) is 35.4 Å². The molecule has 0 aromatic heterocycles. The summed E-state index contributed by atoms with van der Waals surface area (Å²) in [5, 5.41) is 2.12. The van der Waals surface area contributed by atoms with Gasteiger partial charge in [-0.15, -0.1) is 0 Å². The fraction of sp³-hybridized carbons (Fsp3) is 0.412. The van der Waals surface area contributed by atoms with Gasteiger partial charge in [0.1, 0.15) is 6.04 Å². The zero-order valence-electron chi connectivity index (χ0n) is 15.2. The second-order valence-corrected chi connectivity index (χ2v) is 5.46. The average Bonchev–Trinajstić information content (AvgIpc) is 2.68. The minimum Gasteiger partial charge on any atom is -0.469 e. The van der Waals surface area contributed by atoms with Crippen LogP contribution in [0.3, 0.4) is 0 Å². The zero-order chi connectivity index (χ0) is 21.5. The van der Waals surface area contributed by atoms with Crippen LogP contribution in [0.2, 0.25) is 0 Å². The fourth-order valence-electron chi connectivity index (χ4n) is 2.26. The Bertz CT molecular complexity index is 749. The maximum atomic E-state index is 12.8. The minimum absolute atomic E-state index is 0.412. The van der Waals surface area contributed by atoms with Crippen LogP contribution in [0.25, 0.3) is 0 Å². The smallest absolute Gasteiger partial charge is 0.416 e. The van der Waals surface area contributed by atoms with E-state index in [4.69, 9.17) is 0 Å². The van der Waals surface area contributed by atoms with Gasteiger partial charge in [0, 0.05) is 5.56 Å². The van der Waals surface area contributed by atoms with Gasteiger partial charge in [0.05, 0.1) is 39.2 Å². The van der Waals surface area contributed by atoms with Crippen LogP contribution in [0.4, 0.5) is 13.2 Å². The van der Waals surface area contributed by atoms with Crippen molar-refractivity contribution in [2.24, 2.45) is 5.92 Å². The van der Waals surface area contributed by atoms with Crippen LogP contribution in [0.5, 0.6) is 0 Å². The lowest BCUT2D eigenvalue weighted by atomic mass is 9.95. The van der Waals surface area contributed by atoms with Crippen molar-refractivity contribution in [1.29, 1.82) is 0 Å². The number of hydrogen-bond acceptors (Lipinski definition) is 7. The lowest BCUT2D eigenvalue weighted by Crippen LogP contribution is -2.50. The molecular weight excluding hydrogens is 387 g/mol. The van der Waals surface area contributed by atoms with E-state index in [1.807, 2.05) is 0 Å². The molecule has 0 aliphatic carbocycles. The molecule has 8 nitrogen and oxygen atoms in total. The van der Waals surface area contributed by atoms with Gasteiger partial charge >= 0.3 is 24.1 Å². The van der Waals surface area contributed by atoms with Crippen molar-refractivity contribution in [1.82, 2.24) is 5.32 Å². The Balaban J connectivity index is 3.20. The molecule has 0 radical (unpaired) electrons. The summed E-state index contributed by atoms with van der Waals surface area (Å²) in [6, 6.07) is 1.75. The molecule has 0 saturated heterocycles. The summed E-state index contributed by atoms with van der Waals surface area (Å²) >= 11 is 0. The molecule has 0 aliphatic rings. The molecule has 1 amide bonds. The van der Waals surface area contributed by atoms with Crippen LogP contribution in [0.15, 0.2) is 24.3 Å². The third kappa shape index (κ3) is 5.96. The Hall–Kier alpha value is -3.11. The monoisotopic (exact) mass is 405 g/mol. The number of hydrogen-bond donors (Lipinski definition) is 1. The molecule has 2 atom stereocenters. The van der Waals surface area contributed by atoms with E-state index >= 15 is 0 Å². The lowest BCUT2D eigenvalue weighted by molar-refractivity contribution is -0.158. The van der Waals surface area contributed by atoms with Crippen LogP contribution in [0.1, 0.15) is 22.3 Å². The highest BCUT2D eigenvalue weighted by Crippen LogP contribution is 2.29. The summed E-state index contributed by atoms with van der Waals surface area (Å²) in [5.74, 6) is -5.60. The number of amides is 1. The maximum absolute atomic E-state index is 12.8. The summed E-state index contributed by atoms with van der Waals surface area (Å²) in [7, 11) is 3.01. The van der Waals surface area contributed by atoms with Crippen molar-refractivity contribution in [2.75, 3.05) is 21.3 Å². The number of benzene rings is 1. The Kier molecular flexibility index (Phi) is 7.96. The molecule has 0 bridgehead atoms. The Morgan fingerprint density at radius 2 is 1.61 bits per heavy atom. The molecule has 154 valence electrons. The first-order chi connectivity index (χ1) is 13.0. The minimum atomic E-state index is -4.68. The number of carbonyl (C=O) groups excluding carboxylic acids is 4. The molecular formula is C17H18F3NO7. The Morgan fingerprint density at radius 3 is 2.11 bits per heavy atom. The highest BCUT2D eigenvalue weighted by atomic mass is 19.4. The molecule has 1 aromatic carbocycles. The first kappa shape index (κ1) is 22.9. The van der Waals surface area contributed by atoms with Crippen molar-refractivity contribution < 1.29 is 46.6 Å². The van der Waals surface area contributed by atoms with E-state index in [1.165, 1.54) is 0 Å². The second kappa shape index (κ2) is 9.72. The molecule has 28 heavy (non-hydrogen) atoms. The summed E-state index contributed by atoms with van der Waals surface area (Å²) in [4.78, 5) is 48.0. The average molecular weight is 405 g/mol. The highest BCUT2D eigenvalue weighted by molar-refractivity contribution is 5.98. The van der Waals surface area contributed by atoms with Crippen LogP contribution >= 0.6 is 0 Å². The van der Waals surface area contributed by atoms with Gasteiger partial charge in [0.2, 0.25) is 0 Å². The topological polar surface area (TPSA) is 108 Å². The third-order valence-corrected chi connectivity index (χ3v) is 3.71. The van der Waals surface area contributed by atoms with Gasteiger partial charge in [-0.1, -0.05) is 6.07 Å². The van der Waals surface area contributed by atoms with Gasteiger partial charge < -0.3 is 19.5 Å². The van der Waals surface area contributed by atoms with Crippen LogP contribution < -0.4 is 5.32 Å². The van der Waals surface area contributed by atoms with E-state index < -0.39 is 59.5 Å². The standard InChI is InChI=1S/C17H18F3NO7/c1-26-12(22)8-11(15(24)27-2)13(16(25)28-3)21-14(23)9-5-4-6-10(7-9)17(18,19)20/h4-7,11,13H,8H2,1-3H3,(H,21,23)/t11-,13-/m1/s1. The molecule has 0 heterocycles. The van der Waals surface area contributed by atoms with Crippen molar-refractivity contribution in [3.63, 3.8) is 0 Å². The van der Waals surface area contributed by atoms with Gasteiger partial charge in [-0.25, -0.2) is 4.79 Å². The lowest BCUT2D eigenvalue weighted by Gasteiger charge is -2.23. The molecule has 0 saturated carbocycles. The molecule has 0 fully saturated rings. The quantitative estimate of drug-likeness (QED) is 0.539. The zero-order valence-corrected chi connectivity index (χ0v) is 15.2. The molecule has 1 rings (SSSR count). The molecule has 1 aromatic rings. The number of alkyl halides is 3. The normalized spacial score (nSPS) is 13.1. The van der Waals surface area contributed by atoms with E-state index in [-0.39, 0.29) is 0 Å². The number of methoxy groups -OCH3 is 3. The van der Waals surface area contributed by atoms with Crippen molar-refractivity contribution >= 4 is 23.8 Å². The van der Waals surface area contributed by atoms with E-state index in [0.717, 1.165) is 39.5 Å². The van der Waals surface area contributed by atoms with Gasteiger partial charge in [-0.2, -0.15) is 13.2 Å². The van der Waals surface area contributed by atoms with E-state index in [2.05, 4.69) is 19.5 Å². The van der Waals surface area contributed by atoms with Crippen LogP contribution in [-0.2, 0) is 34.8 Å². The number of esters is 3. The maximum Gasteiger partial charge on any atom is 0.416 e. The van der Waals surface area contributed by atoms with Gasteiger partial charge in [0.25, 0.3) is 5.91 Å². The van der Waals surface area contributed by atoms with Crippen LogP contribution in [0, 0.1) is 5.92 Å². The van der Waals surface area contributed by atoms with E-state index in [1.54, 1.807) is 0 Å². The molecule has 0 aliphatic heterocycles. The van der Waals surface area contributed by atoms with Crippen LogP contribution in [-0.4, -0.2) is 51.2 Å². The fourth-order valence-corrected chi connectivity index (χ4v) is 2.26. The molecule has 11 heteroatoms. The van der Waals surface area contributed by atoms with E-state index in [0.29, 0.717) is 6.07 Å². The molecule has 1 N–H and O–H groups in total. The van der Waals surface area contributed by atoms with E-state index in [9.17, 15) is 32.3 Å². The molecule has 0 unspecified atom stereocenters. The number of ether oxygens (including phenoxy) is 3. The number of rotatable bonds is 7. The Labute approximate surface area is 157 Å². The van der Waals surface area contributed by atoms with Crippen molar-refractivity contribution in [3.8, 4) is 0 Å². The second-order valence-electron chi connectivity index (χ2n) is 5.46. The first-order valence-electron chi connectivity index (χ1n) is 7.75. The largest absolute Gasteiger partial charge is 0.469 e. The summed E-state index contributed by atoms with van der Waals surface area (Å²) < 4.78 is 52.0. The first-order valence-corrected chi connectivity index (χ1v) is 7.75. The van der Waals surface area contributed by atoms with Gasteiger partial charge in [-0.05, 0) is 18.2 Å². The Morgan fingerprint density at radius 1 is 1.00 bits per heavy atom. The van der Waals surface area contributed by atoms with Gasteiger partial charge in [0.15, 0.2) is 0 Å². The summed E-state index contributed by atoms with van der Waals surface area (Å²) in [6.07, 6.45) is -5.32.